The first-order chi connectivity index (χ1) is 16.6. The Hall–Kier alpha value is -3.82. The molecule has 0 radical (unpaired) electrons. The number of nitrogens with one attached hydrogen (secondary N) is 1. The van der Waals surface area contributed by atoms with Gasteiger partial charge in [-0.3, -0.25) is 0 Å². The summed E-state index contributed by atoms with van der Waals surface area (Å²) in [6.07, 6.45) is 6.10. The average Bonchev–Trinajstić information content (AvgIpc) is 3.13. The molecule has 0 saturated carbocycles. The van der Waals surface area contributed by atoms with Crippen LogP contribution in [0.15, 0.2) is 53.9 Å². The van der Waals surface area contributed by atoms with Gasteiger partial charge in [-0.25, -0.2) is 18.8 Å². The van der Waals surface area contributed by atoms with E-state index in [0.29, 0.717) is 25.2 Å². The number of benzene rings is 1. The molecular weight excluding hydrogens is 457 g/mol. The third kappa shape index (κ3) is 6.00. The van der Waals surface area contributed by atoms with E-state index in [2.05, 4.69) is 5.32 Å². The Kier molecular flexibility index (Phi) is 7.83. The number of alkyl carbamates (subject to hydrolysis) is 1. The first kappa shape index (κ1) is 25.8. The van der Waals surface area contributed by atoms with Crippen molar-refractivity contribution in [1.29, 1.82) is 0 Å². The number of hydrogen-bond donors (Lipinski definition) is 1. The number of hydrogen-bond acceptors (Lipinski definition) is 8. The highest BCUT2D eigenvalue weighted by Crippen LogP contribution is 2.38. The summed E-state index contributed by atoms with van der Waals surface area (Å²) in [4.78, 5) is 40.6. The molecule has 2 aliphatic rings. The van der Waals surface area contributed by atoms with Crippen LogP contribution >= 0.6 is 0 Å². The second-order valence-corrected chi connectivity index (χ2v) is 9.00. The predicted molar refractivity (Wildman–Crippen MR) is 128 cm³/mol. The molecular formula is C25H30FN3O6. The SMILES string of the molecule is COC(=O)C1=C(C(=O)OC)N(c2c(F)cccc2N2CCC(NC(=O)OC(C)(C)C)C2)C=CC=C1. The van der Waals surface area contributed by atoms with Gasteiger partial charge in [0, 0.05) is 19.3 Å². The van der Waals surface area contributed by atoms with Crippen LogP contribution < -0.4 is 15.1 Å². The molecule has 0 aromatic heterocycles. The number of esters is 2. The molecule has 9 nitrogen and oxygen atoms in total. The molecule has 1 saturated heterocycles. The minimum atomic E-state index is -0.832. The number of anilines is 2. The van der Waals surface area contributed by atoms with Crippen LogP contribution in [-0.4, -0.2) is 57.0 Å². The van der Waals surface area contributed by atoms with Crippen LogP contribution in [0.5, 0.6) is 0 Å². The van der Waals surface area contributed by atoms with Crippen molar-refractivity contribution in [2.45, 2.75) is 38.8 Å². The molecule has 10 heteroatoms. The van der Waals surface area contributed by atoms with Gasteiger partial charge in [0.05, 0.1) is 31.5 Å². The lowest BCUT2D eigenvalue weighted by molar-refractivity contribution is -0.139. The van der Waals surface area contributed by atoms with E-state index in [9.17, 15) is 14.4 Å². The van der Waals surface area contributed by atoms with Gasteiger partial charge >= 0.3 is 18.0 Å². The highest BCUT2D eigenvalue weighted by atomic mass is 19.1. The summed E-state index contributed by atoms with van der Waals surface area (Å²) < 4.78 is 30.4. The number of nitrogens with zero attached hydrogens (tertiary/aromatic N) is 2. The summed E-state index contributed by atoms with van der Waals surface area (Å²) in [5, 5.41) is 2.85. The van der Waals surface area contributed by atoms with E-state index < -0.39 is 29.5 Å². The summed E-state index contributed by atoms with van der Waals surface area (Å²) in [5.41, 5.74) is -0.343. The van der Waals surface area contributed by atoms with Gasteiger partial charge in [-0.2, -0.15) is 0 Å². The van der Waals surface area contributed by atoms with Crippen LogP contribution in [0.3, 0.4) is 0 Å². The molecule has 1 amide bonds. The summed E-state index contributed by atoms with van der Waals surface area (Å²) in [6, 6.07) is 4.33. The Morgan fingerprint density at radius 2 is 1.80 bits per heavy atom. The first-order valence-corrected chi connectivity index (χ1v) is 11.1. The maximum absolute atomic E-state index is 15.4. The van der Waals surface area contributed by atoms with E-state index in [4.69, 9.17) is 14.2 Å². The van der Waals surface area contributed by atoms with Gasteiger partial charge in [0.1, 0.15) is 22.8 Å². The Morgan fingerprint density at radius 1 is 1.09 bits per heavy atom. The van der Waals surface area contributed by atoms with Crippen molar-refractivity contribution in [1.82, 2.24) is 5.32 Å². The summed E-state index contributed by atoms with van der Waals surface area (Å²) >= 11 is 0. The van der Waals surface area contributed by atoms with Crippen molar-refractivity contribution >= 4 is 29.4 Å². The fourth-order valence-corrected chi connectivity index (χ4v) is 3.91. The first-order valence-electron chi connectivity index (χ1n) is 11.1. The number of carbonyl (C=O) groups is 3. The highest BCUT2D eigenvalue weighted by Gasteiger charge is 2.33. The Bertz CT molecular complexity index is 1090. The second-order valence-electron chi connectivity index (χ2n) is 9.00. The maximum atomic E-state index is 15.4. The lowest BCUT2D eigenvalue weighted by atomic mass is 10.1. The molecule has 0 spiro atoms. The van der Waals surface area contributed by atoms with E-state index in [0.717, 1.165) is 0 Å². The molecule has 1 unspecified atom stereocenters. The van der Waals surface area contributed by atoms with Crippen LogP contribution in [0, 0.1) is 5.82 Å². The number of halogens is 1. The van der Waals surface area contributed by atoms with Crippen molar-refractivity contribution in [2.75, 3.05) is 37.1 Å². The van der Waals surface area contributed by atoms with E-state index >= 15 is 4.39 Å². The zero-order valence-corrected chi connectivity index (χ0v) is 20.5. The van der Waals surface area contributed by atoms with Crippen LogP contribution in [0.25, 0.3) is 0 Å². The monoisotopic (exact) mass is 487 g/mol. The molecule has 0 bridgehead atoms. The number of methoxy groups -OCH3 is 2. The van der Waals surface area contributed by atoms with Crippen molar-refractivity contribution < 1.29 is 33.0 Å². The number of allylic oxidation sites excluding steroid dienone is 2. The summed E-state index contributed by atoms with van der Waals surface area (Å²) in [6.45, 7) is 6.27. The van der Waals surface area contributed by atoms with Gasteiger partial charge in [0.15, 0.2) is 0 Å². The fraction of sp³-hybridized carbons (Fsp3) is 0.400. The number of amides is 1. The standard InChI is InChI=1S/C25H30FN3O6/c1-25(2,3)35-24(32)27-16-12-14-28(15-16)19-11-8-10-18(26)21(19)29-13-7-6-9-17(22(30)33-4)20(29)23(31)34-5/h6-11,13,16H,12,14-15H2,1-5H3,(H,27,32). The van der Waals surface area contributed by atoms with E-state index in [1.54, 1.807) is 45.1 Å². The molecule has 1 aromatic carbocycles. The zero-order valence-electron chi connectivity index (χ0n) is 20.5. The third-order valence-corrected chi connectivity index (χ3v) is 5.35. The van der Waals surface area contributed by atoms with Crippen LogP contribution in [-0.2, 0) is 23.8 Å². The van der Waals surface area contributed by atoms with Gasteiger partial charge in [-0.15, -0.1) is 0 Å². The smallest absolute Gasteiger partial charge is 0.407 e. The highest BCUT2D eigenvalue weighted by molar-refractivity contribution is 6.06. The van der Waals surface area contributed by atoms with Gasteiger partial charge < -0.3 is 29.3 Å². The molecule has 3 rings (SSSR count). The number of para-hydroxylation sites is 1. The minimum absolute atomic E-state index is 0.0622. The molecule has 1 atom stereocenters. The molecule has 1 fully saturated rings. The normalized spacial score (nSPS) is 17.8. The third-order valence-electron chi connectivity index (χ3n) is 5.35. The molecule has 188 valence electrons. The van der Waals surface area contributed by atoms with E-state index in [1.807, 2.05) is 4.90 Å². The fourth-order valence-electron chi connectivity index (χ4n) is 3.91. The second kappa shape index (κ2) is 10.6. The maximum Gasteiger partial charge on any atom is 0.407 e. The minimum Gasteiger partial charge on any atom is -0.465 e. The van der Waals surface area contributed by atoms with E-state index in [1.165, 1.54) is 37.5 Å². The molecule has 35 heavy (non-hydrogen) atoms. The predicted octanol–water partition coefficient (Wildman–Crippen LogP) is 3.42. The van der Waals surface area contributed by atoms with Crippen LogP contribution in [0.1, 0.15) is 27.2 Å². The van der Waals surface area contributed by atoms with Crippen molar-refractivity contribution in [3.63, 3.8) is 0 Å². The molecule has 1 aromatic rings. The molecule has 0 aliphatic carbocycles. The topological polar surface area (TPSA) is 97.4 Å². The van der Waals surface area contributed by atoms with Crippen molar-refractivity contribution in [2.24, 2.45) is 0 Å². The Morgan fingerprint density at radius 3 is 2.46 bits per heavy atom. The molecule has 2 heterocycles. The Balaban J connectivity index is 1.98. The average molecular weight is 488 g/mol. The lowest BCUT2D eigenvalue weighted by Gasteiger charge is -2.29. The largest absolute Gasteiger partial charge is 0.465 e. The van der Waals surface area contributed by atoms with Crippen molar-refractivity contribution in [3.05, 3.63) is 59.7 Å². The van der Waals surface area contributed by atoms with Gasteiger partial charge in [0.2, 0.25) is 0 Å². The van der Waals surface area contributed by atoms with Crippen LogP contribution in [0.2, 0.25) is 0 Å². The Labute approximate surface area is 203 Å². The van der Waals surface area contributed by atoms with E-state index in [-0.39, 0.29) is 23.0 Å². The molecule has 1 N–H and O–H groups in total. The van der Waals surface area contributed by atoms with Gasteiger partial charge in [-0.05, 0) is 51.5 Å². The summed E-state index contributed by atoms with van der Waals surface area (Å²) in [7, 11) is 2.37. The van der Waals surface area contributed by atoms with Gasteiger partial charge in [-0.1, -0.05) is 12.1 Å². The van der Waals surface area contributed by atoms with Crippen LogP contribution in [0.4, 0.5) is 20.6 Å². The number of rotatable bonds is 5. The molecule has 2 aliphatic heterocycles. The quantitative estimate of drug-likeness (QED) is 0.499. The summed E-state index contributed by atoms with van der Waals surface area (Å²) in [5.74, 6) is -2.21. The lowest BCUT2D eigenvalue weighted by Crippen LogP contribution is -2.40. The van der Waals surface area contributed by atoms with Gasteiger partial charge in [0.25, 0.3) is 0 Å². The number of ether oxygens (including phenoxy) is 3. The number of carbonyl (C=O) groups excluding carboxylic acids is 3. The van der Waals surface area contributed by atoms with Crippen molar-refractivity contribution in [3.8, 4) is 0 Å². The zero-order chi connectivity index (χ0) is 25.8.